The number of nitrogens with two attached hydrogens (primary N) is 1. The SMILES string of the molecule is CCN(c1snc(N)c1-c1csc(C)n1)C1CC1. The second-order valence-electron chi connectivity index (χ2n) is 4.52. The van der Waals surface area contributed by atoms with Crippen LogP contribution < -0.4 is 10.6 Å². The van der Waals surface area contributed by atoms with Gasteiger partial charge in [-0.15, -0.1) is 11.3 Å². The molecule has 0 spiro atoms. The molecule has 2 N–H and O–H groups in total. The van der Waals surface area contributed by atoms with Gasteiger partial charge in [0.1, 0.15) is 10.8 Å². The lowest BCUT2D eigenvalue weighted by atomic mass is 10.2. The summed E-state index contributed by atoms with van der Waals surface area (Å²) in [5.41, 5.74) is 8.03. The van der Waals surface area contributed by atoms with Gasteiger partial charge in [-0.2, -0.15) is 4.37 Å². The Morgan fingerprint density at radius 3 is 2.83 bits per heavy atom. The first-order valence-electron chi connectivity index (χ1n) is 6.15. The number of nitrogen functional groups attached to an aromatic ring is 1. The number of thiazole rings is 1. The summed E-state index contributed by atoms with van der Waals surface area (Å²) >= 11 is 3.15. The smallest absolute Gasteiger partial charge is 0.148 e. The maximum atomic E-state index is 6.03. The molecule has 6 heteroatoms. The summed E-state index contributed by atoms with van der Waals surface area (Å²) in [4.78, 5) is 6.96. The van der Waals surface area contributed by atoms with Gasteiger partial charge in [0.2, 0.25) is 0 Å². The number of anilines is 2. The molecule has 1 aliphatic rings. The highest BCUT2D eigenvalue weighted by atomic mass is 32.1. The third kappa shape index (κ3) is 1.99. The van der Waals surface area contributed by atoms with Crippen LogP contribution in [0.1, 0.15) is 24.8 Å². The largest absolute Gasteiger partial charge is 0.382 e. The first-order chi connectivity index (χ1) is 8.70. The number of rotatable bonds is 4. The van der Waals surface area contributed by atoms with Crippen molar-refractivity contribution in [2.75, 3.05) is 17.2 Å². The van der Waals surface area contributed by atoms with Crippen molar-refractivity contribution in [3.63, 3.8) is 0 Å². The van der Waals surface area contributed by atoms with Gasteiger partial charge in [-0.05, 0) is 38.2 Å². The number of nitrogens with zero attached hydrogens (tertiary/aromatic N) is 3. The summed E-state index contributed by atoms with van der Waals surface area (Å²) in [6.45, 7) is 5.20. The third-order valence-corrected chi connectivity index (χ3v) is 4.84. The highest BCUT2D eigenvalue weighted by Crippen LogP contribution is 2.43. The minimum atomic E-state index is 0.611. The second-order valence-corrected chi connectivity index (χ2v) is 6.33. The summed E-state index contributed by atoms with van der Waals surface area (Å²) in [6.07, 6.45) is 2.56. The fourth-order valence-electron chi connectivity index (χ4n) is 2.16. The molecule has 0 radical (unpaired) electrons. The van der Waals surface area contributed by atoms with E-state index in [9.17, 15) is 0 Å². The molecule has 2 heterocycles. The zero-order valence-electron chi connectivity index (χ0n) is 10.5. The number of hydrogen-bond donors (Lipinski definition) is 1. The Bertz CT molecular complexity index is 556. The van der Waals surface area contributed by atoms with Crippen molar-refractivity contribution in [1.82, 2.24) is 9.36 Å². The van der Waals surface area contributed by atoms with E-state index in [1.807, 2.05) is 6.92 Å². The molecule has 96 valence electrons. The zero-order chi connectivity index (χ0) is 12.7. The van der Waals surface area contributed by atoms with Gasteiger partial charge < -0.3 is 10.6 Å². The van der Waals surface area contributed by atoms with Gasteiger partial charge in [0.25, 0.3) is 0 Å². The molecule has 0 amide bonds. The van der Waals surface area contributed by atoms with E-state index in [-0.39, 0.29) is 0 Å². The van der Waals surface area contributed by atoms with Crippen molar-refractivity contribution in [2.45, 2.75) is 32.7 Å². The van der Waals surface area contributed by atoms with Crippen molar-refractivity contribution >= 4 is 33.7 Å². The molecular formula is C12H16N4S2. The van der Waals surface area contributed by atoms with Gasteiger partial charge in [0.15, 0.2) is 0 Å². The van der Waals surface area contributed by atoms with Gasteiger partial charge in [0.05, 0.1) is 16.3 Å². The molecule has 2 aromatic heterocycles. The Morgan fingerprint density at radius 1 is 1.50 bits per heavy atom. The molecular weight excluding hydrogens is 264 g/mol. The van der Waals surface area contributed by atoms with Crippen LogP contribution in [0.25, 0.3) is 11.3 Å². The number of aromatic nitrogens is 2. The molecule has 2 aromatic rings. The van der Waals surface area contributed by atoms with Crippen LogP contribution in [0.4, 0.5) is 10.8 Å². The van der Waals surface area contributed by atoms with E-state index in [2.05, 4.69) is 26.6 Å². The lowest BCUT2D eigenvalue weighted by Crippen LogP contribution is -2.24. The summed E-state index contributed by atoms with van der Waals surface area (Å²) in [5.74, 6) is 0.611. The van der Waals surface area contributed by atoms with Crippen molar-refractivity contribution in [3.05, 3.63) is 10.4 Å². The van der Waals surface area contributed by atoms with Crippen molar-refractivity contribution < 1.29 is 0 Å². The molecule has 0 unspecified atom stereocenters. The first kappa shape index (κ1) is 11.9. The predicted octanol–water partition coefficient (Wildman–Crippen LogP) is 3.15. The Morgan fingerprint density at radius 2 is 2.28 bits per heavy atom. The van der Waals surface area contributed by atoms with Crippen LogP contribution in [0.3, 0.4) is 0 Å². The Labute approximate surface area is 115 Å². The quantitative estimate of drug-likeness (QED) is 0.934. The van der Waals surface area contributed by atoms with Crippen LogP contribution in [0, 0.1) is 6.92 Å². The fourth-order valence-corrected chi connectivity index (χ4v) is 3.73. The topological polar surface area (TPSA) is 55.0 Å². The average Bonchev–Trinajstić information content (AvgIpc) is 2.98. The molecule has 1 saturated carbocycles. The Hall–Kier alpha value is -1.14. The van der Waals surface area contributed by atoms with E-state index in [4.69, 9.17) is 5.73 Å². The van der Waals surface area contributed by atoms with Crippen LogP contribution in [-0.4, -0.2) is 21.9 Å². The highest BCUT2D eigenvalue weighted by molar-refractivity contribution is 7.11. The van der Waals surface area contributed by atoms with Gasteiger partial charge >= 0.3 is 0 Å². The van der Waals surface area contributed by atoms with Gasteiger partial charge in [-0.1, -0.05) is 0 Å². The molecule has 0 atom stereocenters. The van der Waals surface area contributed by atoms with Gasteiger partial charge in [0, 0.05) is 18.0 Å². The van der Waals surface area contributed by atoms with Crippen molar-refractivity contribution in [3.8, 4) is 11.3 Å². The van der Waals surface area contributed by atoms with E-state index in [0.29, 0.717) is 11.9 Å². The first-order valence-corrected chi connectivity index (χ1v) is 7.80. The predicted molar refractivity (Wildman–Crippen MR) is 78.4 cm³/mol. The number of aryl methyl sites for hydroxylation is 1. The molecule has 0 saturated heterocycles. The molecule has 18 heavy (non-hydrogen) atoms. The summed E-state index contributed by atoms with van der Waals surface area (Å²) in [7, 11) is 0. The fraction of sp³-hybridized carbons (Fsp3) is 0.500. The molecule has 0 bridgehead atoms. The summed E-state index contributed by atoms with van der Waals surface area (Å²) < 4.78 is 4.32. The van der Waals surface area contributed by atoms with E-state index in [1.54, 1.807) is 11.3 Å². The van der Waals surface area contributed by atoms with Crippen LogP contribution >= 0.6 is 22.9 Å². The second kappa shape index (κ2) is 4.51. The van der Waals surface area contributed by atoms with Crippen LogP contribution in [0.5, 0.6) is 0 Å². The van der Waals surface area contributed by atoms with Crippen molar-refractivity contribution in [1.29, 1.82) is 0 Å². The highest BCUT2D eigenvalue weighted by Gasteiger charge is 2.32. The summed E-state index contributed by atoms with van der Waals surface area (Å²) in [5, 5.41) is 4.32. The minimum absolute atomic E-state index is 0.611. The molecule has 4 nitrogen and oxygen atoms in total. The van der Waals surface area contributed by atoms with Crippen LogP contribution in [0.15, 0.2) is 5.38 Å². The average molecular weight is 280 g/mol. The standard InChI is InChI=1S/C12H16N4S2/c1-3-16(8-4-5-8)12-10(11(13)15-18-12)9-6-17-7(2)14-9/h6,8H,3-5H2,1-2H3,(H2,13,15). The maximum absolute atomic E-state index is 6.03. The van der Waals surface area contributed by atoms with Crippen molar-refractivity contribution in [2.24, 2.45) is 0 Å². The van der Waals surface area contributed by atoms with Gasteiger partial charge in [-0.25, -0.2) is 4.98 Å². The van der Waals surface area contributed by atoms with E-state index in [1.165, 1.54) is 29.4 Å². The molecule has 1 aliphatic carbocycles. The number of hydrogen-bond acceptors (Lipinski definition) is 6. The van der Waals surface area contributed by atoms with E-state index < -0.39 is 0 Å². The Balaban J connectivity index is 2.05. The molecule has 0 aromatic carbocycles. The molecule has 3 rings (SSSR count). The van der Waals surface area contributed by atoms with Crippen LogP contribution in [-0.2, 0) is 0 Å². The van der Waals surface area contributed by atoms with Gasteiger partial charge in [-0.3, -0.25) is 0 Å². The molecule has 1 fully saturated rings. The minimum Gasteiger partial charge on any atom is -0.382 e. The summed E-state index contributed by atoms with van der Waals surface area (Å²) in [6, 6.07) is 0.674. The zero-order valence-corrected chi connectivity index (χ0v) is 12.1. The monoisotopic (exact) mass is 280 g/mol. The van der Waals surface area contributed by atoms with E-state index >= 15 is 0 Å². The lowest BCUT2D eigenvalue weighted by Gasteiger charge is -2.21. The lowest BCUT2D eigenvalue weighted by molar-refractivity contribution is 0.836. The third-order valence-electron chi connectivity index (χ3n) is 3.16. The van der Waals surface area contributed by atoms with Crippen LogP contribution in [0.2, 0.25) is 0 Å². The van der Waals surface area contributed by atoms with E-state index in [0.717, 1.165) is 22.8 Å². The molecule has 0 aliphatic heterocycles. The maximum Gasteiger partial charge on any atom is 0.148 e. The Kier molecular flexibility index (Phi) is 2.99. The normalized spacial score (nSPS) is 15.0.